The molecule has 32 heavy (non-hydrogen) atoms. The van der Waals surface area contributed by atoms with E-state index in [1.807, 2.05) is 0 Å². The van der Waals surface area contributed by atoms with Crippen molar-refractivity contribution in [1.82, 2.24) is 9.97 Å². The van der Waals surface area contributed by atoms with Crippen LogP contribution in [0, 0.1) is 13.8 Å². The standard InChI is InChI=1S/C22H24N4O5S/c1-14-10-15(2)25-22(24-14)26-32(27,28)18-8-6-17(7-9-18)23-13-16-11-19(29-3)21(31-5)20(12-16)30-4/h6-13H,1-5H3,(H,24,25,26). The Morgan fingerprint density at radius 1 is 0.875 bits per heavy atom. The lowest BCUT2D eigenvalue weighted by Crippen LogP contribution is -2.15. The predicted molar refractivity (Wildman–Crippen MR) is 122 cm³/mol. The number of nitrogens with one attached hydrogen (secondary N) is 1. The van der Waals surface area contributed by atoms with Crippen LogP contribution in [0.3, 0.4) is 0 Å². The summed E-state index contributed by atoms with van der Waals surface area (Å²) in [6.07, 6.45) is 1.62. The molecule has 0 unspecified atom stereocenters. The lowest BCUT2D eigenvalue weighted by Gasteiger charge is -2.12. The molecule has 3 aromatic rings. The zero-order chi connectivity index (χ0) is 23.3. The quantitative estimate of drug-likeness (QED) is 0.515. The first-order valence-electron chi connectivity index (χ1n) is 9.55. The number of rotatable bonds is 8. The van der Waals surface area contributed by atoms with Gasteiger partial charge < -0.3 is 14.2 Å². The SMILES string of the molecule is COc1cc(C=Nc2ccc(S(=O)(=O)Nc3nc(C)cc(C)n3)cc2)cc(OC)c1OC. The minimum absolute atomic E-state index is 0.0343. The molecule has 10 heteroatoms. The molecule has 0 bridgehead atoms. The van der Waals surface area contributed by atoms with Gasteiger partial charge >= 0.3 is 0 Å². The molecule has 0 aliphatic heterocycles. The first-order valence-corrected chi connectivity index (χ1v) is 11.0. The molecule has 0 fully saturated rings. The van der Waals surface area contributed by atoms with Crippen molar-refractivity contribution in [3.05, 3.63) is 59.4 Å². The number of nitrogens with zero attached hydrogens (tertiary/aromatic N) is 3. The maximum atomic E-state index is 12.6. The molecule has 1 N–H and O–H groups in total. The molecule has 1 heterocycles. The average molecular weight is 457 g/mol. The monoisotopic (exact) mass is 456 g/mol. The highest BCUT2D eigenvalue weighted by Gasteiger charge is 2.16. The molecule has 0 saturated carbocycles. The third-order valence-electron chi connectivity index (χ3n) is 4.40. The van der Waals surface area contributed by atoms with Gasteiger partial charge in [0.05, 0.1) is 31.9 Å². The fourth-order valence-electron chi connectivity index (χ4n) is 2.99. The lowest BCUT2D eigenvalue weighted by atomic mass is 10.2. The molecule has 0 aliphatic carbocycles. The van der Waals surface area contributed by atoms with Crippen molar-refractivity contribution >= 4 is 27.9 Å². The molecule has 9 nitrogen and oxygen atoms in total. The number of aromatic nitrogens is 2. The molecule has 1 aromatic heterocycles. The second-order valence-corrected chi connectivity index (χ2v) is 8.47. The van der Waals surface area contributed by atoms with Crippen LogP contribution in [0.15, 0.2) is 52.4 Å². The van der Waals surface area contributed by atoms with Gasteiger partial charge in [0, 0.05) is 23.2 Å². The Bertz CT molecular complexity index is 1200. The van der Waals surface area contributed by atoms with Crippen LogP contribution in [-0.4, -0.2) is 45.9 Å². The lowest BCUT2D eigenvalue weighted by molar-refractivity contribution is 0.324. The van der Waals surface area contributed by atoms with Crippen molar-refractivity contribution in [1.29, 1.82) is 0 Å². The molecule has 0 atom stereocenters. The predicted octanol–water partition coefficient (Wildman–Crippen LogP) is 3.67. The highest BCUT2D eigenvalue weighted by Crippen LogP contribution is 2.37. The van der Waals surface area contributed by atoms with Gasteiger partial charge in [0.2, 0.25) is 11.7 Å². The molecule has 3 rings (SSSR count). The Labute approximate surface area is 187 Å². The Hall–Kier alpha value is -3.66. The highest BCUT2D eigenvalue weighted by atomic mass is 32.2. The second-order valence-electron chi connectivity index (χ2n) is 6.79. The molecule has 0 radical (unpaired) electrons. The zero-order valence-electron chi connectivity index (χ0n) is 18.4. The number of benzene rings is 2. The molecule has 168 valence electrons. The Morgan fingerprint density at radius 3 is 1.94 bits per heavy atom. The maximum absolute atomic E-state index is 12.6. The van der Waals surface area contributed by atoms with Gasteiger partial charge in [-0.15, -0.1) is 0 Å². The van der Waals surface area contributed by atoms with Crippen LogP contribution in [0.5, 0.6) is 17.2 Å². The number of sulfonamides is 1. The topological polar surface area (TPSA) is 112 Å². The summed E-state index contributed by atoms with van der Waals surface area (Å²) in [6, 6.07) is 11.4. The zero-order valence-corrected chi connectivity index (χ0v) is 19.2. The van der Waals surface area contributed by atoms with Crippen LogP contribution >= 0.6 is 0 Å². The number of methoxy groups -OCH3 is 3. The van der Waals surface area contributed by atoms with E-state index in [9.17, 15) is 8.42 Å². The number of anilines is 1. The van der Waals surface area contributed by atoms with Gasteiger partial charge in [-0.3, -0.25) is 4.99 Å². The largest absolute Gasteiger partial charge is 0.493 e. The third-order valence-corrected chi connectivity index (χ3v) is 5.75. The third kappa shape index (κ3) is 5.33. The van der Waals surface area contributed by atoms with Crippen LogP contribution in [0.4, 0.5) is 11.6 Å². The molecule has 0 spiro atoms. The Balaban J connectivity index is 1.80. The van der Waals surface area contributed by atoms with E-state index in [0.29, 0.717) is 34.3 Å². The maximum Gasteiger partial charge on any atom is 0.264 e. The van der Waals surface area contributed by atoms with Crippen molar-refractivity contribution in [3.63, 3.8) is 0 Å². The van der Waals surface area contributed by atoms with Crippen molar-refractivity contribution in [2.45, 2.75) is 18.7 Å². The minimum atomic E-state index is -3.83. The van der Waals surface area contributed by atoms with E-state index in [1.54, 1.807) is 50.4 Å². The van der Waals surface area contributed by atoms with E-state index in [1.165, 1.54) is 33.5 Å². The molecule has 0 saturated heterocycles. The van der Waals surface area contributed by atoms with Gasteiger partial charge in [-0.25, -0.2) is 23.1 Å². The molecule has 0 amide bonds. The fourth-order valence-corrected chi connectivity index (χ4v) is 3.93. The van der Waals surface area contributed by atoms with Gasteiger partial charge in [0.25, 0.3) is 10.0 Å². The minimum Gasteiger partial charge on any atom is -0.493 e. The van der Waals surface area contributed by atoms with Crippen LogP contribution in [0.2, 0.25) is 0 Å². The first-order chi connectivity index (χ1) is 15.2. The van der Waals surface area contributed by atoms with Gasteiger partial charge in [-0.2, -0.15) is 0 Å². The number of hydrogen-bond acceptors (Lipinski definition) is 8. The van der Waals surface area contributed by atoms with Crippen LogP contribution in [0.25, 0.3) is 0 Å². The summed E-state index contributed by atoms with van der Waals surface area (Å²) in [7, 11) is 0.775. The summed E-state index contributed by atoms with van der Waals surface area (Å²) in [5, 5.41) is 0. The van der Waals surface area contributed by atoms with E-state index in [0.717, 1.165) is 5.56 Å². The van der Waals surface area contributed by atoms with Crippen LogP contribution in [-0.2, 0) is 10.0 Å². The van der Waals surface area contributed by atoms with Crippen molar-refractivity contribution in [2.24, 2.45) is 4.99 Å². The summed E-state index contributed by atoms with van der Waals surface area (Å²) < 4.78 is 43.7. The molecular weight excluding hydrogens is 432 g/mol. The highest BCUT2D eigenvalue weighted by molar-refractivity contribution is 7.92. The number of ether oxygens (including phenoxy) is 3. The van der Waals surface area contributed by atoms with Gasteiger partial charge in [-0.1, -0.05) is 0 Å². The second kappa shape index (κ2) is 9.65. The number of aliphatic imine (C=N–C) groups is 1. The molecule has 2 aromatic carbocycles. The summed E-state index contributed by atoms with van der Waals surface area (Å²) in [4.78, 5) is 12.7. The summed E-state index contributed by atoms with van der Waals surface area (Å²) in [6.45, 7) is 3.54. The van der Waals surface area contributed by atoms with E-state index < -0.39 is 10.0 Å². The summed E-state index contributed by atoms with van der Waals surface area (Å²) in [5.41, 5.74) is 2.64. The summed E-state index contributed by atoms with van der Waals surface area (Å²) >= 11 is 0. The van der Waals surface area contributed by atoms with Gasteiger partial charge in [0.15, 0.2) is 11.5 Å². The van der Waals surface area contributed by atoms with Crippen molar-refractivity contribution in [3.8, 4) is 17.2 Å². The fraction of sp³-hybridized carbons (Fsp3) is 0.227. The van der Waals surface area contributed by atoms with E-state index >= 15 is 0 Å². The number of aryl methyl sites for hydroxylation is 2. The van der Waals surface area contributed by atoms with Crippen molar-refractivity contribution < 1.29 is 22.6 Å². The Morgan fingerprint density at radius 2 is 1.44 bits per heavy atom. The first kappa shape index (κ1) is 23.0. The van der Waals surface area contributed by atoms with E-state index in [-0.39, 0.29) is 10.8 Å². The summed E-state index contributed by atoms with van der Waals surface area (Å²) in [5.74, 6) is 1.54. The number of hydrogen-bond donors (Lipinski definition) is 1. The van der Waals surface area contributed by atoms with Crippen molar-refractivity contribution in [2.75, 3.05) is 26.1 Å². The van der Waals surface area contributed by atoms with E-state index in [2.05, 4.69) is 19.7 Å². The molecular formula is C22H24N4O5S. The smallest absolute Gasteiger partial charge is 0.264 e. The van der Waals surface area contributed by atoms with Gasteiger partial charge in [-0.05, 0) is 56.3 Å². The van der Waals surface area contributed by atoms with E-state index in [4.69, 9.17) is 14.2 Å². The average Bonchev–Trinajstić information content (AvgIpc) is 2.76. The Kier molecular flexibility index (Phi) is 6.94. The van der Waals surface area contributed by atoms with Gasteiger partial charge in [0.1, 0.15) is 0 Å². The van der Waals surface area contributed by atoms with Crippen LogP contribution in [0.1, 0.15) is 17.0 Å². The van der Waals surface area contributed by atoms with Crippen LogP contribution < -0.4 is 18.9 Å². The molecule has 0 aliphatic rings. The normalized spacial score (nSPS) is 11.4.